The van der Waals surface area contributed by atoms with E-state index < -0.39 is 12.0 Å². The van der Waals surface area contributed by atoms with Gasteiger partial charge in [0.15, 0.2) is 0 Å². The van der Waals surface area contributed by atoms with Gasteiger partial charge in [0.05, 0.1) is 0 Å². The van der Waals surface area contributed by atoms with Crippen molar-refractivity contribution in [2.75, 3.05) is 0 Å². The highest BCUT2D eigenvalue weighted by atomic mass is 19.1. The van der Waals surface area contributed by atoms with Crippen molar-refractivity contribution < 1.29 is 14.3 Å². The molecule has 18 heavy (non-hydrogen) atoms. The number of carboxylic acid groups (broad SMARTS) is 1. The van der Waals surface area contributed by atoms with Gasteiger partial charge >= 0.3 is 5.97 Å². The van der Waals surface area contributed by atoms with Crippen LogP contribution in [0.15, 0.2) is 24.3 Å². The van der Waals surface area contributed by atoms with Crippen molar-refractivity contribution in [3.8, 4) is 0 Å². The molecule has 0 bridgehead atoms. The van der Waals surface area contributed by atoms with Gasteiger partial charge in [0, 0.05) is 0 Å². The van der Waals surface area contributed by atoms with E-state index in [4.69, 9.17) is 10.8 Å². The van der Waals surface area contributed by atoms with Crippen LogP contribution in [0.2, 0.25) is 0 Å². The van der Waals surface area contributed by atoms with Crippen LogP contribution in [0.5, 0.6) is 0 Å². The van der Waals surface area contributed by atoms with Crippen molar-refractivity contribution in [1.29, 1.82) is 0 Å². The van der Waals surface area contributed by atoms with Crippen molar-refractivity contribution in [3.05, 3.63) is 35.6 Å². The smallest absolute Gasteiger partial charge is 0.320 e. The molecule has 1 aliphatic carbocycles. The molecule has 1 fully saturated rings. The molecular formula is C14H18FNO2. The van der Waals surface area contributed by atoms with E-state index in [-0.39, 0.29) is 11.7 Å². The predicted molar refractivity (Wildman–Crippen MR) is 66.7 cm³/mol. The van der Waals surface area contributed by atoms with Gasteiger partial charge in [-0.2, -0.15) is 0 Å². The first kappa shape index (κ1) is 13.0. The molecular weight excluding hydrogens is 233 g/mol. The number of carboxylic acids is 1. The molecule has 1 unspecified atom stereocenters. The number of hydrogen-bond donors (Lipinski definition) is 2. The molecule has 0 radical (unpaired) electrons. The Hall–Kier alpha value is -1.42. The molecule has 3 N–H and O–H groups in total. The first-order valence-corrected chi connectivity index (χ1v) is 6.32. The summed E-state index contributed by atoms with van der Waals surface area (Å²) >= 11 is 0. The molecule has 1 saturated carbocycles. The van der Waals surface area contributed by atoms with Crippen LogP contribution in [0, 0.1) is 11.7 Å². The average Bonchev–Trinajstić information content (AvgIpc) is 2.39. The molecule has 1 aromatic rings. The average molecular weight is 251 g/mol. The van der Waals surface area contributed by atoms with Crippen molar-refractivity contribution >= 4 is 5.97 Å². The summed E-state index contributed by atoms with van der Waals surface area (Å²) in [4.78, 5) is 10.8. The van der Waals surface area contributed by atoms with Gasteiger partial charge in [-0.3, -0.25) is 4.79 Å². The highest BCUT2D eigenvalue weighted by Gasteiger charge is 2.29. The molecule has 4 heteroatoms. The zero-order chi connectivity index (χ0) is 13.1. The van der Waals surface area contributed by atoms with Gasteiger partial charge in [0.1, 0.15) is 11.9 Å². The normalized spacial score (nSPS) is 25.7. The Morgan fingerprint density at radius 2 is 1.78 bits per heavy atom. The summed E-state index contributed by atoms with van der Waals surface area (Å²) < 4.78 is 12.8. The number of nitrogens with two attached hydrogens (primary N) is 1. The van der Waals surface area contributed by atoms with Gasteiger partial charge < -0.3 is 10.8 Å². The Morgan fingerprint density at radius 1 is 1.22 bits per heavy atom. The van der Waals surface area contributed by atoms with E-state index in [1.807, 2.05) is 12.1 Å². The van der Waals surface area contributed by atoms with E-state index >= 15 is 0 Å². The number of hydrogen-bond acceptors (Lipinski definition) is 2. The molecule has 1 aliphatic rings. The topological polar surface area (TPSA) is 63.3 Å². The van der Waals surface area contributed by atoms with E-state index in [0.717, 1.165) is 31.2 Å². The zero-order valence-corrected chi connectivity index (χ0v) is 10.2. The van der Waals surface area contributed by atoms with E-state index in [9.17, 15) is 9.18 Å². The Bertz CT molecular complexity index is 410. The number of rotatable bonds is 3. The lowest BCUT2D eigenvalue weighted by atomic mass is 9.76. The number of carbonyl (C=O) groups is 1. The van der Waals surface area contributed by atoms with Gasteiger partial charge in [-0.15, -0.1) is 0 Å². The summed E-state index contributed by atoms with van der Waals surface area (Å²) in [6, 6.07) is 5.84. The highest BCUT2D eigenvalue weighted by molar-refractivity contribution is 5.73. The van der Waals surface area contributed by atoms with Crippen LogP contribution in [0.25, 0.3) is 0 Å². The second kappa shape index (κ2) is 5.48. The van der Waals surface area contributed by atoms with Crippen molar-refractivity contribution in [2.24, 2.45) is 11.7 Å². The van der Waals surface area contributed by atoms with Gasteiger partial charge in [0.2, 0.25) is 0 Å². The fourth-order valence-corrected chi connectivity index (χ4v) is 2.75. The number of benzene rings is 1. The first-order chi connectivity index (χ1) is 8.58. The van der Waals surface area contributed by atoms with Crippen molar-refractivity contribution in [3.63, 3.8) is 0 Å². The zero-order valence-electron chi connectivity index (χ0n) is 10.2. The van der Waals surface area contributed by atoms with Crippen LogP contribution >= 0.6 is 0 Å². The number of halogens is 1. The van der Waals surface area contributed by atoms with Gasteiger partial charge in [0.25, 0.3) is 0 Å². The van der Waals surface area contributed by atoms with Crippen LogP contribution < -0.4 is 5.73 Å². The molecule has 3 nitrogen and oxygen atoms in total. The minimum atomic E-state index is -0.916. The molecule has 1 atom stereocenters. The lowest BCUT2D eigenvalue weighted by molar-refractivity contribution is -0.140. The molecule has 0 aromatic heterocycles. The summed E-state index contributed by atoms with van der Waals surface area (Å²) in [6.07, 6.45) is 3.51. The summed E-state index contributed by atoms with van der Waals surface area (Å²) in [6.45, 7) is 0. The Kier molecular flexibility index (Phi) is 3.97. The van der Waals surface area contributed by atoms with Gasteiger partial charge in [-0.05, 0) is 55.2 Å². The molecule has 0 amide bonds. The van der Waals surface area contributed by atoms with E-state index in [1.54, 1.807) is 0 Å². The third-order valence-electron chi connectivity index (χ3n) is 3.91. The lowest BCUT2D eigenvalue weighted by Crippen LogP contribution is -2.39. The van der Waals surface area contributed by atoms with E-state index in [2.05, 4.69) is 0 Å². The molecule has 0 spiro atoms. The summed E-state index contributed by atoms with van der Waals surface area (Å²) in [5, 5.41) is 8.88. The monoisotopic (exact) mass is 251 g/mol. The van der Waals surface area contributed by atoms with Gasteiger partial charge in [-0.25, -0.2) is 4.39 Å². The molecule has 0 saturated heterocycles. The maximum atomic E-state index is 12.8. The molecule has 2 rings (SSSR count). The van der Waals surface area contributed by atoms with Crippen molar-refractivity contribution in [1.82, 2.24) is 0 Å². The van der Waals surface area contributed by atoms with Gasteiger partial charge in [-0.1, -0.05) is 12.1 Å². The fourth-order valence-electron chi connectivity index (χ4n) is 2.75. The predicted octanol–water partition coefficient (Wildman–Crippen LogP) is 2.51. The molecule has 0 aliphatic heterocycles. The van der Waals surface area contributed by atoms with Crippen LogP contribution in [-0.4, -0.2) is 17.1 Å². The maximum absolute atomic E-state index is 12.8. The molecule has 98 valence electrons. The SMILES string of the molecule is NC(C(=O)O)C1CCC(c2ccc(F)cc2)CC1. The van der Waals surface area contributed by atoms with Crippen LogP contribution in [0.3, 0.4) is 0 Å². The molecule has 1 aromatic carbocycles. The third kappa shape index (κ3) is 2.88. The first-order valence-electron chi connectivity index (χ1n) is 6.32. The van der Waals surface area contributed by atoms with E-state index in [0.29, 0.717) is 5.92 Å². The summed E-state index contributed by atoms with van der Waals surface area (Å²) in [5.74, 6) is -0.664. The van der Waals surface area contributed by atoms with Crippen LogP contribution in [-0.2, 0) is 4.79 Å². The standard InChI is InChI=1S/C14H18FNO2/c15-12-7-5-10(6-8-12)9-1-3-11(4-2-9)13(16)14(17)18/h5-9,11,13H,1-4,16H2,(H,17,18). The third-order valence-corrected chi connectivity index (χ3v) is 3.91. The largest absolute Gasteiger partial charge is 0.480 e. The Labute approximate surface area is 106 Å². The van der Waals surface area contributed by atoms with E-state index in [1.165, 1.54) is 12.1 Å². The fraction of sp³-hybridized carbons (Fsp3) is 0.500. The number of aliphatic carboxylic acids is 1. The lowest BCUT2D eigenvalue weighted by Gasteiger charge is -2.30. The summed E-state index contributed by atoms with van der Waals surface area (Å²) in [7, 11) is 0. The second-order valence-corrected chi connectivity index (χ2v) is 5.03. The molecule has 0 heterocycles. The highest BCUT2D eigenvalue weighted by Crippen LogP contribution is 2.36. The second-order valence-electron chi connectivity index (χ2n) is 5.03. The quantitative estimate of drug-likeness (QED) is 0.867. The Balaban J connectivity index is 1.94. The minimum absolute atomic E-state index is 0.0687. The maximum Gasteiger partial charge on any atom is 0.320 e. The van der Waals surface area contributed by atoms with Crippen molar-refractivity contribution in [2.45, 2.75) is 37.6 Å². The summed E-state index contributed by atoms with van der Waals surface area (Å²) in [5.41, 5.74) is 6.78. The van der Waals surface area contributed by atoms with Crippen LogP contribution in [0.1, 0.15) is 37.2 Å². The minimum Gasteiger partial charge on any atom is -0.480 e. The van der Waals surface area contributed by atoms with Crippen LogP contribution in [0.4, 0.5) is 4.39 Å². The Morgan fingerprint density at radius 3 is 2.28 bits per heavy atom.